The van der Waals surface area contributed by atoms with Crippen LogP contribution >= 0.6 is 0 Å². The molecular formula is C14H8N2O2. The zero-order valence-electron chi connectivity index (χ0n) is 9.60. The average Bonchev–Trinajstić information content (AvgIpc) is 2.36. The van der Waals surface area contributed by atoms with E-state index in [9.17, 15) is 4.79 Å². The minimum absolute atomic E-state index is 0.238. The lowest BCUT2D eigenvalue weighted by molar-refractivity contribution is -0.131. The van der Waals surface area contributed by atoms with Crippen LogP contribution < -0.4 is 4.74 Å². The molecule has 0 bridgehead atoms. The van der Waals surface area contributed by atoms with Gasteiger partial charge in [-0.05, 0) is 35.0 Å². The zero-order valence-corrected chi connectivity index (χ0v) is 9.60. The van der Waals surface area contributed by atoms with E-state index in [1.165, 1.54) is 6.92 Å². The van der Waals surface area contributed by atoms with Crippen molar-refractivity contribution < 1.29 is 9.53 Å². The van der Waals surface area contributed by atoms with Gasteiger partial charge in [0.05, 0.1) is 17.2 Å². The Morgan fingerprint density at radius 3 is 2.50 bits per heavy atom. The van der Waals surface area contributed by atoms with Crippen molar-refractivity contribution in [3.63, 3.8) is 0 Å². The lowest BCUT2D eigenvalue weighted by Crippen LogP contribution is -2.03. The van der Waals surface area contributed by atoms with Gasteiger partial charge in [0.1, 0.15) is 11.8 Å². The summed E-state index contributed by atoms with van der Waals surface area (Å²) in [5.41, 5.74) is 0.791. The highest BCUT2D eigenvalue weighted by atomic mass is 16.5. The van der Waals surface area contributed by atoms with Crippen LogP contribution in [0.3, 0.4) is 0 Å². The largest absolute Gasteiger partial charge is 0.425 e. The molecule has 4 nitrogen and oxygen atoms in total. The number of rotatable bonds is 1. The average molecular weight is 236 g/mol. The molecule has 0 fully saturated rings. The fourth-order valence-corrected chi connectivity index (χ4v) is 1.67. The lowest BCUT2D eigenvalue weighted by atomic mass is 10.0. The maximum atomic E-state index is 10.9. The van der Waals surface area contributed by atoms with Gasteiger partial charge in [0.15, 0.2) is 0 Å². The second-order valence-electron chi connectivity index (χ2n) is 3.73. The van der Waals surface area contributed by atoms with Crippen molar-refractivity contribution in [3.8, 4) is 17.9 Å². The number of nitrogens with zero attached hydrogens (tertiary/aromatic N) is 2. The molecule has 0 amide bonds. The van der Waals surface area contributed by atoms with Gasteiger partial charge < -0.3 is 4.74 Å². The zero-order chi connectivity index (χ0) is 13.1. The van der Waals surface area contributed by atoms with Crippen LogP contribution in [-0.2, 0) is 4.79 Å². The van der Waals surface area contributed by atoms with Crippen molar-refractivity contribution in [1.29, 1.82) is 10.5 Å². The SMILES string of the molecule is CC(=O)Oc1cc2ccc(C#N)cc2cc1C#N. The molecule has 86 valence electrons. The molecule has 0 saturated heterocycles. The summed E-state index contributed by atoms with van der Waals surface area (Å²) in [4.78, 5) is 10.9. The monoisotopic (exact) mass is 236 g/mol. The molecule has 2 aromatic rings. The summed E-state index contributed by atoms with van der Waals surface area (Å²) < 4.78 is 4.97. The summed E-state index contributed by atoms with van der Waals surface area (Å²) in [6.07, 6.45) is 0. The number of carbonyl (C=O) groups excluding carboxylic acids is 1. The van der Waals surface area contributed by atoms with E-state index in [-0.39, 0.29) is 11.3 Å². The first kappa shape index (κ1) is 11.6. The molecule has 0 heterocycles. The minimum Gasteiger partial charge on any atom is -0.425 e. The third-order valence-electron chi connectivity index (χ3n) is 2.44. The maximum Gasteiger partial charge on any atom is 0.308 e. The highest BCUT2D eigenvalue weighted by Gasteiger charge is 2.08. The van der Waals surface area contributed by atoms with Gasteiger partial charge in [-0.25, -0.2) is 0 Å². The van der Waals surface area contributed by atoms with Crippen molar-refractivity contribution in [3.05, 3.63) is 41.5 Å². The molecule has 0 aliphatic carbocycles. The molecule has 0 aliphatic heterocycles. The van der Waals surface area contributed by atoms with Crippen LogP contribution in [0.1, 0.15) is 18.1 Å². The number of nitriles is 2. The first-order valence-electron chi connectivity index (χ1n) is 5.20. The summed E-state index contributed by atoms with van der Waals surface area (Å²) in [6, 6.07) is 12.3. The number of benzene rings is 2. The molecule has 2 rings (SSSR count). The molecule has 0 radical (unpaired) electrons. The summed E-state index contributed by atoms with van der Waals surface area (Å²) in [5, 5.41) is 19.4. The molecule has 0 aliphatic rings. The summed E-state index contributed by atoms with van der Waals surface area (Å²) >= 11 is 0. The smallest absolute Gasteiger partial charge is 0.308 e. The number of hydrogen-bond acceptors (Lipinski definition) is 4. The second kappa shape index (κ2) is 4.57. The fourth-order valence-electron chi connectivity index (χ4n) is 1.67. The third kappa shape index (κ3) is 2.14. The Morgan fingerprint density at radius 1 is 1.11 bits per heavy atom. The number of esters is 1. The van der Waals surface area contributed by atoms with Crippen LogP contribution in [0.15, 0.2) is 30.3 Å². The van der Waals surface area contributed by atoms with Gasteiger partial charge in [-0.15, -0.1) is 0 Å². The van der Waals surface area contributed by atoms with E-state index in [0.29, 0.717) is 5.56 Å². The van der Waals surface area contributed by atoms with E-state index in [4.69, 9.17) is 15.3 Å². The predicted molar refractivity (Wildman–Crippen MR) is 64.7 cm³/mol. The van der Waals surface area contributed by atoms with Gasteiger partial charge in [-0.1, -0.05) is 6.07 Å². The standard InChI is InChI=1S/C14H8N2O2/c1-9(17)18-14-6-11-3-2-10(7-15)4-12(11)5-13(14)8-16/h2-6H,1H3. The van der Waals surface area contributed by atoms with Crippen molar-refractivity contribution >= 4 is 16.7 Å². The van der Waals surface area contributed by atoms with E-state index in [1.807, 2.05) is 12.1 Å². The van der Waals surface area contributed by atoms with E-state index in [2.05, 4.69) is 0 Å². The third-order valence-corrected chi connectivity index (χ3v) is 2.44. The molecule has 2 aromatic carbocycles. The Morgan fingerprint density at radius 2 is 1.89 bits per heavy atom. The van der Waals surface area contributed by atoms with E-state index < -0.39 is 5.97 Å². The molecule has 0 N–H and O–H groups in total. The number of ether oxygens (including phenoxy) is 1. The van der Waals surface area contributed by atoms with E-state index in [1.54, 1.807) is 30.3 Å². The summed E-state index contributed by atoms with van der Waals surface area (Å²) in [6.45, 7) is 1.28. The second-order valence-corrected chi connectivity index (χ2v) is 3.73. The molecular weight excluding hydrogens is 228 g/mol. The van der Waals surface area contributed by atoms with Gasteiger partial charge in [-0.2, -0.15) is 10.5 Å². The van der Waals surface area contributed by atoms with Crippen LogP contribution in [0.25, 0.3) is 10.8 Å². The maximum absolute atomic E-state index is 10.9. The molecule has 18 heavy (non-hydrogen) atoms. The summed E-state index contributed by atoms with van der Waals surface area (Å²) in [7, 11) is 0. The molecule has 0 unspecified atom stereocenters. The van der Waals surface area contributed by atoms with Gasteiger partial charge in [0, 0.05) is 6.92 Å². The Kier molecular flexibility index (Phi) is 2.95. The molecule has 0 spiro atoms. The lowest BCUT2D eigenvalue weighted by Gasteiger charge is -2.06. The van der Waals surface area contributed by atoms with Gasteiger partial charge in [0.2, 0.25) is 0 Å². The highest BCUT2D eigenvalue weighted by molar-refractivity contribution is 5.88. The molecule has 0 saturated carbocycles. The van der Waals surface area contributed by atoms with Gasteiger partial charge in [-0.3, -0.25) is 4.79 Å². The van der Waals surface area contributed by atoms with Crippen molar-refractivity contribution in [2.24, 2.45) is 0 Å². The topological polar surface area (TPSA) is 73.9 Å². The number of carbonyl (C=O) groups is 1. The van der Waals surface area contributed by atoms with Crippen LogP contribution in [0.2, 0.25) is 0 Å². The van der Waals surface area contributed by atoms with Crippen LogP contribution in [-0.4, -0.2) is 5.97 Å². The van der Waals surface area contributed by atoms with Gasteiger partial charge >= 0.3 is 5.97 Å². The highest BCUT2D eigenvalue weighted by Crippen LogP contribution is 2.26. The Bertz CT molecular complexity index is 721. The van der Waals surface area contributed by atoms with Crippen molar-refractivity contribution in [2.75, 3.05) is 0 Å². The quantitative estimate of drug-likeness (QED) is 0.563. The molecule has 0 aromatic heterocycles. The molecule has 0 atom stereocenters. The first-order valence-corrected chi connectivity index (χ1v) is 5.20. The van der Waals surface area contributed by atoms with Crippen molar-refractivity contribution in [1.82, 2.24) is 0 Å². The fraction of sp³-hybridized carbons (Fsp3) is 0.0714. The number of hydrogen-bond donors (Lipinski definition) is 0. The Labute approximate surface area is 104 Å². The van der Waals surface area contributed by atoms with E-state index in [0.717, 1.165) is 10.8 Å². The Balaban J connectivity index is 2.66. The Hall–Kier alpha value is -2.85. The van der Waals surface area contributed by atoms with Crippen LogP contribution in [0.5, 0.6) is 5.75 Å². The van der Waals surface area contributed by atoms with Crippen molar-refractivity contribution in [2.45, 2.75) is 6.92 Å². The number of fused-ring (bicyclic) bond motifs is 1. The van der Waals surface area contributed by atoms with Crippen LogP contribution in [0, 0.1) is 22.7 Å². The van der Waals surface area contributed by atoms with Crippen LogP contribution in [0.4, 0.5) is 0 Å². The molecule has 4 heteroatoms. The van der Waals surface area contributed by atoms with E-state index >= 15 is 0 Å². The minimum atomic E-state index is -0.473. The predicted octanol–water partition coefficient (Wildman–Crippen LogP) is 2.51. The summed E-state index contributed by atoms with van der Waals surface area (Å²) in [5.74, 6) is -0.235. The van der Waals surface area contributed by atoms with Gasteiger partial charge in [0.25, 0.3) is 0 Å². The normalized spacial score (nSPS) is 9.50. The first-order chi connectivity index (χ1) is 8.63.